The fraction of sp³-hybridized carbons (Fsp3) is 0.316. The number of hydrogen-bond donors (Lipinski definition) is 2. The standard InChI is InChI=1S/C19H24N2O2/c1-14-5-7-15(8-6-14)13-20-16-9-11-17(12-10-16)21-18(22)23-19(2,3)4/h5-12,20H,13H2,1-4H3,(H,21,22). The van der Waals surface area contributed by atoms with Gasteiger partial charge in [-0.1, -0.05) is 29.8 Å². The van der Waals surface area contributed by atoms with Crippen molar-refractivity contribution in [1.29, 1.82) is 0 Å². The van der Waals surface area contributed by atoms with Crippen molar-refractivity contribution in [2.75, 3.05) is 10.6 Å². The predicted octanol–water partition coefficient (Wildman–Crippen LogP) is 4.95. The molecule has 0 heterocycles. The van der Waals surface area contributed by atoms with E-state index in [4.69, 9.17) is 4.74 Å². The third-order valence-electron chi connectivity index (χ3n) is 3.15. The fourth-order valence-corrected chi connectivity index (χ4v) is 2.00. The number of benzene rings is 2. The molecule has 0 aliphatic heterocycles. The first kappa shape index (κ1) is 16.9. The van der Waals surface area contributed by atoms with Crippen LogP contribution in [0.5, 0.6) is 0 Å². The summed E-state index contributed by atoms with van der Waals surface area (Å²) in [5, 5.41) is 6.07. The first-order chi connectivity index (χ1) is 10.8. The van der Waals surface area contributed by atoms with E-state index in [9.17, 15) is 4.79 Å². The number of carbonyl (C=O) groups excluding carboxylic acids is 1. The van der Waals surface area contributed by atoms with E-state index in [0.29, 0.717) is 5.69 Å². The summed E-state index contributed by atoms with van der Waals surface area (Å²) in [6.45, 7) is 8.35. The van der Waals surface area contributed by atoms with Crippen molar-refractivity contribution < 1.29 is 9.53 Å². The number of carbonyl (C=O) groups is 1. The second-order valence-electron chi connectivity index (χ2n) is 6.54. The minimum Gasteiger partial charge on any atom is -0.444 e. The average Bonchev–Trinajstić information content (AvgIpc) is 2.46. The molecule has 0 saturated carbocycles. The number of hydrogen-bond acceptors (Lipinski definition) is 3. The Morgan fingerprint density at radius 1 is 0.957 bits per heavy atom. The van der Waals surface area contributed by atoms with E-state index in [1.807, 2.05) is 45.0 Å². The summed E-state index contributed by atoms with van der Waals surface area (Å²) < 4.78 is 5.22. The third-order valence-corrected chi connectivity index (χ3v) is 3.15. The van der Waals surface area contributed by atoms with Gasteiger partial charge in [0.15, 0.2) is 0 Å². The molecular weight excluding hydrogens is 288 g/mol. The molecule has 23 heavy (non-hydrogen) atoms. The first-order valence-electron chi connectivity index (χ1n) is 7.71. The van der Waals surface area contributed by atoms with Gasteiger partial charge >= 0.3 is 6.09 Å². The summed E-state index contributed by atoms with van der Waals surface area (Å²) in [6, 6.07) is 16.0. The van der Waals surface area contributed by atoms with Crippen LogP contribution in [0, 0.1) is 6.92 Å². The van der Waals surface area contributed by atoms with E-state index in [2.05, 4.69) is 41.8 Å². The molecule has 2 aromatic carbocycles. The predicted molar refractivity (Wildman–Crippen MR) is 94.8 cm³/mol. The lowest BCUT2D eigenvalue weighted by atomic mass is 10.1. The Hall–Kier alpha value is -2.49. The average molecular weight is 312 g/mol. The highest BCUT2D eigenvalue weighted by molar-refractivity contribution is 5.85. The van der Waals surface area contributed by atoms with E-state index in [0.717, 1.165) is 12.2 Å². The monoisotopic (exact) mass is 312 g/mol. The van der Waals surface area contributed by atoms with Crippen molar-refractivity contribution in [3.63, 3.8) is 0 Å². The Morgan fingerprint density at radius 3 is 2.09 bits per heavy atom. The summed E-state index contributed by atoms with van der Waals surface area (Å²) in [5.41, 5.74) is 3.69. The number of rotatable bonds is 4. The lowest BCUT2D eigenvalue weighted by Gasteiger charge is -2.19. The van der Waals surface area contributed by atoms with E-state index >= 15 is 0 Å². The zero-order chi connectivity index (χ0) is 16.9. The number of nitrogens with one attached hydrogen (secondary N) is 2. The SMILES string of the molecule is Cc1ccc(CNc2ccc(NC(=O)OC(C)(C)C)cc2)cc1. The van der Waals surface area contributed by atoms with Crippen LogP contribution in [-0.2, 0) is 11.3 Å². The smallest absolute Gasteiger partial charge is 0.412 e. The van der Waals surface area contributed by atoms with E-state index in [1.165, 1.54) is 11.1 Å². The molecule has 4 heteroatoms. The maximum absolute atomic E-state index is 11.7. The van der Waals surface area contributed by atoms with Gasteiger partial charge in [-0.25, -0.2) is 4.79 Å². The Kier molecular flexibility index (Phi) is 5.27. The van der Waals surface area contributed by atoms with Crippen LogP contribution in [0.15, 0.2) is 48.5 Å². The van der Waals surface area contributed by atoms with Crippen LogP contribution < -0.4 is 10.6 Å². The molecule has 0 aliphatic rings. The largest absolute Gasteiger partial charge is 0.444 e. The topological polar surface area (TPSA) is 50.4 Å². The minimum atomic E-state index is -0.500. The number of ether oxygens (including phenoxy) is 1. The molecule has 0 bridgehead atoms. The van der Waals surface area contributed by atoms with Gasteiger partial charge in [0.25, 0.3) is 0 Å². The van der Waals surface area contributed by atoms with Crippen molar-refractivity contribution in [3.05, 3.63) is 59.7 Å². The molecule has 2 N–H and O–H groups in total. The van der Waals surface area contributed by atoms with E-state index in [1.54, 1.807) is 0 Å². The summed E-state index contributed by atoms with van der Waals surface area (Å²) in [4.78, 5) is 11.7. The van der Waals surface area contributed by atoms with Gasteiger partial charge in [-0.3, -0.25) is 5.32 Å². The Labute approximate surface area is 137 Å². The van der Waals surface area contributed by atoms with Crippen LogP contribution >= 0.6 is 0 Å². The zero-order valence-corrected chi connectivity index (χ0v) is 14.1. The van der Waals surface area contributed by atoms with Crippen molar-refractivity contribution in [1.82, 2.24) is 0 Å². The summed E-state index contributed by atoms with van der Waals surface area (Å²) in [6.07, 6.45) is -0.446. The molecule has 0 spiro atoms. The van der Waals surface area contributed by atoms with Gasteiger partial charge in [0, 0.05) is 17.9 Å². The van der Waals surface area contributed by atoms with Crippen molar-refractivity contribution in [2.24, 2.45) is 0 Å². The van der Waals surface area contributed by atoms with Gasteiger partial charge in [-0.15, -0.1) is 0 Å². The second-order valence-corrected chi connectivity index (χ2v) is 6.54. The highest BCUT2D eigenvalue weighted by atomic mass is 16.6. The molecule has 0 fully saturated rings. The van der Waals surface area contributed by atoms with Crippen LogP contribution in [0.1, 0.15) is 31.9 Å². The van der Waals surface area contributed by atoms with Gasteiger partial charge in [-0.05, 0) is 57.5 Å². The molecule has 0 unspecified atom stereocenters. The highest BCUT2D eigenvalue weighted by Gasteiger charge is 2.15. The lowest BCUT2D eigenvalue weighted by molar-refractivity contribution is 0.0636. The second kappa shape index (κ2) is 7.18. The highest BCUT2D eigenvalue weighted by Crippen LogP contribution is 2.16. The summed E-state index contributed by atoms with van der Waals surface area (Å²) >= 11 is 0. The molecule has 0 aromatic heterocycles. The molecule has 2 aromatic rings. The molecule has 0 saturated heterocycles. The molecule has 122 valence electrons. The number of aryl methyl sites for hydroxylation is 1. The van der Waals surface area contributed by atoms with Crippen LogP contribution in [0.25, 0.3) is 0 Å². The van der Waals surface area contributed by atoms with E-state index < -0.39 is 11.7 Å². The molecule has 0 aliphatic carbocycles. The molecule has 0 radical (unpaired) electrons. The quantitative estimate of drug-likeness (QED) is 0.839. The number of amides is 1. The van der Waals surface area contributed by atoms with Gasteiger partial charge in [0.05, 0.1) is 0 Å². The molecule has 0 atom stereocenters. The molecule has 4 nitrogen and oxygen atoms in total. The Balaban J connectivity index is 1.87. The Bertz CT molecular complexity index is 641. The first-order valence-corrected chi connectivity index (χ1v) is 7.71. The fourth-order valence-electron chi connectivity index (χ4n) is 2.00. The van der Waals surface area contributed by atoms with Crippen LogP contribution in [-0.4, -0.2) is 11.7 Å². The molecule has 1 amide bonds. The van der Waals surface area contributed by atoms with Gasteiger partial charge in [-0.2, -0.15) is 0 Å². The van der Waals surface area contributed by atoms with Gasteiger partial charge in [0.1, 0.15) is 5.60 Å². The molecule has 2 rings (SSSR count). The van der Waals surface area contributed by atoms with E-state index in [-0.39, 0.29) is 0 Å². The van der Waals surface area contributed by atoms with Crippen LogP contribution in [0.4, 0.5) is 16.2 Å². The van der Waals surface area contributed by atoms with Crippen molar-refractivity contribution in [2.45, 2.75) is 39.8 Å². The maximum atomic E-state index is 11.7. The van der Waals surface area contributed by atoms with Crippen LogP contribution in [0.2, 0.25) is 0 Å². The van der Waals surface area contributed by atoms with Gasteiger partial charge in [0.2, 0.25) is 0 Å². The zero-order valence-electron chi connectivity index (χ0n) is 14.1. The number of anilines is 2. The lowest BCUT2D eigenvalue weighted by Crippen LogP contribution is -2.27. The van der Waals surface area contributed by atoms with Gasteiger partial charge < -0.3 is 10.1 Å². The maximum Gasteiger partial charge on any atom is 0.412 e. The summed E-state index contributed by atoms with van der Waals surface area (Å²) in [5.74, 6) is 0. The van der Waals surface area contributed by atoms with Crippen molar-refractivity contribution in [3.8, 4) is 0 Å². The normalized spacial score (nSPS) is 11.0. The molecular formula is C19H24N2O2. The third kappa shape index (κ3) is 6.02. The Morgan fingerprint density at radius 2 is 1.52 bits per heavy atom. The van der Waals surface area contributed by atoms with Crippen molar-refractivity contribution >= 4 is 17.5 Å². The van der Waals surface area contributed by atoms with Crippen LogP contribution in [0.3, 0.4) is 0 Å². The summed E-state index contributed by atoms with van der Waals surface area (Å²) in [7, 11) is 0. The minimum absolute atomic E-state index is 0.446.